The second-order valence-electron chi connectivity index (χ2n) is 10.7. The number of amides is 1. The van der Waals surface area contributed by atoms with Crippen molar-refractivity contribution in [2.24, 2.45) is 5.92 Å². The van der Waals surface area contributed by atoms with E-state index < -0.39 is 34.1 Å². The number of aliphatic hydroxyl groups excluding tert-OH is 1. The lowest BCUT2D eigenvalue weighted by molar-refractivity contribution is -0.181. The summed E-state index contributed by atoms with van der Waals surface area (Å²) in [5, 5.41) is 13.0. The van der Waals surface area contributed by atoms with Gasteiger partial charge in [-0.25, -0.2) is 8.42 Å². The summed E-state index contributed by atoms with van der Waals surface area (Å²) in [5.74, 6) is -1.31. The van der Waals surface area contributed by atoms with Gasteiger partial charge in [0.2, 0.25) is 0 Å². The zero-order chi connectivity index (χ0) is 30.8. The third kappa shape index (κ3) is 10.4. The van der Waals surface area contributed by atoms with E-state index in [0.29, 0.717) is 24.0 Å². The van der Waals surface area contributed by atoms with Gasteiger partial charge in [0, 0.05) is 19.3 Å². The minimum Gasteiger partial charge on any atom is -0.391 e. The molecular formula is C30H44F3N3O4S. The third-order valence-electron chi connectivity index (χ3n) is 7.00. The predicted molar refractivity (Wildman–Crippen MR) is 154 cm³/mol. The number of fused-ring (bicyclic) bond motifs is 1. The number of aromatic nitrogens is 1. The Labute approximate surface area is 242 Å². The highest BCUT2D eigenvalue weighted by Gasteiger charge is 2.39. The molecule has 2 aliphatic rings. The van der Waals surface area contributed by atoms with Crippen molar-refractivity contribution in [3.05, 3.63) is 58.9 Å². The molecule has 0 radical (unpaired) electrons. The van der Waals surface area contributed by atoms with Crippen LogP contribution >= 0.6 is 0 Å². The highest BCUT2D eigenvalue weighted by atomic mass is 32.2. The lowest BCUT2D eigenvalue weighted by atomic mass is 9.89. The second-order valence-corrected chi connectivity index (χ2v) is 13.0. The van der Waals surface area contributed by atoms with Crippen LogP contribution in [0.25, 0.3) is 0 Å². The second kappa shape index (κ2) is 15.7. The molecule has 2 aromatic rings. The fourth-order valence-corrected chi connectivity index (χ4v) is 5.61. The van der Waals surface area contributed by atoms with E-state index in [9.17, 15) is 31.5 Å². The fraction of sp³-hybridized carbons (Fsp3) is 0.600. The highest BCUT2D eigenvalue weighted by molar-refractivity contribution is 7.91. The molecular weight excluding hydrogens is 555 g/mol. The van der Waals surface area contributed by atoms with E-state index in [1.54, 1.807) is 32.2 Å². The van der Waals surface area contributed by atoms with Crippen LogP contribution in [0.5, 0.6) is 0 Å². The van der Waals surface area contributed by atoms with Crippen LogP contribution in [-0.4, -0.2) is 54.4 Å². The van der Waals surface area contributed by atoms with Gasteiger partial charge in [0.1, 0.15) is 0 Å². The topological polar surface area (TPSA) is 99.6 Å². The summed E-state index contributed by atoms with van der Waals surface area (Å²) in [7, 11) is -1.31. The number of sulfone groups is 1. The Bertz CT molecular complexity index is 1210. The summed E-state index contributed by atoms with van der Waals surface area (Å²) in [6, 6.07) is 7.41. The first-order valence-electron chi connectivity index (χ1n) is 14.3. The molecule has 7 nitrogen and oxygen atoms in total. The quantitative estimate of drug-likeness (QED) is 0.409. The van der Waals surface area contributed by atoms with Crippen LogP contribution in [0.3, 0.4) is 0 Å². The van der Waals surface area contributed by atoms with Gasteiger partial charge in [0.05, 0.1) is 40.0 Å². The number of benzene rings is 1. The average molecular weight is 600 g/mol. The average Bonchev–Trinajstić information content (AvgIpc) is 3.31. The number of nitrogens with zero attached hydrogens (tertiary/aromatic N) is 2. The maximum absolute atomic E-state index is 12.7. The van der Waals surface area contributed by atoms with Crippen LogP contribution in [0.4, 0.5) is 13.2 Å². The molecule has 1 fully saturated rings. The van der Waals surface area contributed by atoms with Gasteiger partial charge in [-0.2, -0.15) is 13.2 Å². The molecule has 1 aromatic carbocycles. The van der Waals surface area contributed by atoms with Crippen molar-refractivity contribution in [2.45, 2.75) is 103 Å². The Hall–Kier alpha value is -2.50. The molecule has 1 aliphatic heterocycles. The van der Waals surface area contributed by atoms with Crippen molar-refractivity contribution in [2.75, 3.05) is 12.8 Å². The minimum atomic E-state index is -3.93. The molecule has 11 heteroatoms. The number of halogens is 3. The van der Waals surface area contributed by atoms with Crippen LogP contribution in [-0.2, 0) is 22.9 Å². The van der Waals surface area contributed by atoms with E-state index in [-0.39, 0.29) is 16.6 Å². The molecule has 2 atom stereocenters. The van der Waals surface area contributed by atoms with Crippen LogP contribution < -0.4 is 5.32 Å². The van der Waals surface area contributed by atoms with Gasteiger partial charge >= 0.3 is 6.18 Å². The molecule has 0 bridgehead atoms. The molecule has 2 N–H and O–H groups in total. The molecule has 0 saturated heterocycles. The summed E-state index contributed by atoms with van der Waals surface area (Å²) < 4.78 is 59.8. The Morgan fingerprint density at radius 1 is 1.10 bits per heavy atom. The van der Waals surface area contributed by atoms with E-state index in [1.165, 1.54) is 18.6 Å². The normalized spacial score (nSPS) is 17.3. The van der Waals surface area contributed by atoms with E-state index >= 15 is 0 Å². The highest BCUT2D eigenvalue weighted by Crippen LogP contribution is 2.37. The number of pyridine rings is 1. The van der Waals surface area contributed by atoms with Crippen LogP contribution in [0, 0.1) is 5.92 Å². The van der Waals surface area contributed by atoms with Gasteiger partial charge in [0.15, 0.2) is 9.84 Å². The van der Waals surface area contributed by atoms with Crippen molar-refractivity contribution in [1.82, 2.24) is 15.2 Å². The molecule has 230 valence electrons. The van der Waals surface area contributed by atoms with Crippen LogP contribution in [0.2, 0.25) is 0 Å². The van der Waals surface area contributed by atoms with E-state index in [4.69, 9.17) is 0 Å². The predicted octanol–water partition coefficient (Wildman–Crippen LogP) is 6.22. The molecule has 1 aromatic heterocycles. The summed E-state index contributed by atoms with van der Waals surface area (Å²) in [6.07, 6.45) is 1.20. The van der Waals surface area contributed by atoms with Crippen molar-refractivity contribution in [3.63, 3.8) is 0 Å². The number of alkyl halides is 3. The maximum atomic E-state index is 12.7. The lowest BCUT2D eigenvalue weighted by Gasteiger charge is -2.23. The van der Waals surface area contributed by atoms with E-state index in [1.807, 2.05) is 13.1 Å². The molecule has 2 heterocycles. The number of carbonyl (C=O) groups excluding carboxylic acids is 1. The molecule has 1 aliphatic carbocycles. The Kier molecular flexibility index (Phi) is 13.2. The Morgan fingerprint density at radius 3 is 2.17 bits per heavy atom. The number of hydrogen-bond acceptors (Lipinski definition) is 6. The van der Waals surface area contributed by atoms with Gasteiger partial charge < -0.3 is 10.4 Å². The molecule has 0 spiro atoms. The number of carbonyl (C=O) groups is 1. The Morgan fingerprint density at radius 2 is 1.68 bits per heavy atom. The number of aliphatic hydroxyl groups is 1. The third-order valence-corrected chi connectivity index (χ3v) is 8.75. The zero-order valence-corrected chi connectivity index (χ0v) is 25.5. The summed E-state index contributed by atoms with van der Waals surface area (Å²) >= 11 is 0. The molecule has 4 rings (SSSR count). The summed E-state index contributed by atoms with van der Waals surface area (Å²) in [4.78, 5) is 19.4. The van der Waals surface area contributed by atoms with Gasteiger partial charge in [-0.1, -0.05) is 58.6 Å². The summed E-state index contributed by atoms with van der Waals surface area (Å²) in [5.41, 5.74) is 3.06. The van der Waals surface area contributed by atoms with Crippen molar-refractivity contribution >= 4 is 15.7 Å². The summed E-state index contributed by atoms with van der Waals surface area (Å²) in [6.45, 7) is 8.93. The van der Waals surface area contributed by atoms with Crippen LogP contribution in [0.15, 0.2) is 41.4 Å². The zero-order valence-electron chi connectivity index (χ0n) is 24.7. The monoisotopic (exact) mass is 599 g/mol. The maximum Gasteiger partial charge on any atom is 0.391 e. The van der Waals surface area contributed by atoms with Crippen molar-refractivity contribution < 1.29 is 31.5 Å². The first kappa shape index (κ1) is 34.7. The molecule has 1 saturated carbocycles. The Balaban J connectivity index is 0.000000376. The molecule has 2 unspecified atom stereocenters. The van der Waals surface area contributed by atoms with E-state index in [2.05, 4.69) is 29.0 Å². The first-order chi connectivity index (χ1) is 19.2. The standard InChI is InChI=1S/C20H25N3O4S.C7H11F3.C3H8/c1-4-28(26,27)17-7-5-14(6-8-17)19(13(2)24)22-20(25)15-9-16-11-23(3)12-18(16)21-10-15;8-7(9,10)6-4-2-1-3-5-6;1-3-2/h5-10,13,19,24H,4,11-12H2,1-3H3,(H,22,25);6H,1-5H2;3H2,1-2H3. The lowest BCUT2D eigenvalue weighted by Crippen LogP contribution is -2.35. The van der Waals surface area contributed by atoms with Crippen molar-refractivity contribution in [1.29, 1.82) is 0 Å². The van der Waals surface area contributed by atoms with Gasteiger partial charge in [0.25, 0.3) is 5.91 Å². The smallest absolute Gasteiger partial charge is 0.391 e. The number of nitrogens with one attached hydrogen (secondary N) is 1. The van der Waals surface area contributed by atoms with Crippen molar-refractivity contribution in [3.8, 4) is 0 Å². The molecule has 1 amide bonds. The first-order valence-corrected chi connectivity index (χ1v) is 15.9. The number of rotatable bonds is 6. The SMILES string of the molecule is CCC.CCS(=O)(=O)c1ccc(C(NC(=O)c2cnc3c(c2)CN(C)C3)C(C)O)cc1.FC(F)(F)C1CCCCC1. The van der Waals surface area contributed by atoms with Crippen LogP contribution in [0.1, 0.15) is 99.4 Å². The van der Waals surface area contributed by atoms with Gasteiger partial charge in [-0.15, -0.1) is 0 Å². The fourth-order valence-electron chi connectivity index (χ4n) is 4.73. The largest absolute Gasteiger partial charge is 0.391 e. The van der Waals surface area contributed by atoms with Gasteiger partial charge in [-0.3, -0.25) is 14.7 Å². The van der Waals surface area contributed by atoms with E-state index in [0.717, 1.165) is 43.6 Å². The minimum absolute atomic E-state index is 0.0173. The number of hydrogen-bond donors (Lipinski definition) is 2. The molecule has 41 heavy (non-hydrogen) atoms. The van der Waals surface area contributed by atoms with Gasteiger partial charge in [-0.05, 0) is 56.1 Å².